The molecule has 0 radical (unpaired) electrons. The molecule has 0 atom stereocenters. The molecule has 0 spiro atoms. The predicted octanol–water partition coefficient (Wildman–Crippen LogP) is 4.76. The van der Waals surface area contributed by atoms with E-state index >= 15 is 0 Å². The lowest BCUT2D eigenvalue weighted by molar-refractivity contribution is 0.252. The van der Waals surface area contributed by atoms with Crippen molar-refractivity contribution in [1.29, 1.82) is 0 Å². The van der Waals surface area contributed by atoms with Gasteiger partial charge in [-0.25, -0.2) is 9.18 Å². The number of hydrogen-bond acceptors (Lipinski definition) is 3. The van der Waals surface area contributed by atoms with E-state index < -0.39 is 0 Å². The average Bonchev–Trinajstić information content (AvgIpc) is 2.74. The summed E-state index contributed by atoms with van der Waals surface area (Å²) >= 11 is 0. The molecule has 138 valence electrons. The van der Waals surface area contributed by atoms with Crippen molar-refractivity contribution >= 4 is 22.5 Å². The Morgan fingerprint density at radius 2 is 1.82 bits per heavy atom. The van der Waals surface area contributed by atoms with Gasteiger partial charge in [-0.15, -0.1) is 0 Å². The maximum absolute atomic E-state index is 13.0. The highest BCUT2D eigenvalue weighted by Gasteiger charge is 2.06. The van der Waals surface area contributed by atoms with Crippen molar-refractivity contribution in [3.8, 4) is 11.3 Å². The van der Waals surface area contributed by atoms with Crippen LogP contribution in [0.4, 0.5) is 14.9 Å². The zero-order valence-electron chi connectivity index (χ0n) is 14.9. The number of hydrogen-bond donors (Lipinski definition) is 2. The lowest BCUT2D eigenvalue weighted by atomic mass is 10.1. The molecule has 28 heavy (non-hydrogen) atoms. The van der Waals surface area contributed by atoms with Crippen LogP contribution in [0.25, 0.3) is 22.0 Å². The zero-order valence-corrected chi connectivity index (χ0v) is 14.9. The summed E-state index contributed by atoms with van der Waals surface area (Å²) in [6.07, 6.45) is 5.15. The van der Waals surface area contributed by atoms with Crippen LogP contribution in [0.15, 0.2) is 79.3 Å². The predicted molar refractivity (Wildman–Crippen MR) is 107 cm³/mol. The van der Waals surface area contributed by atoms with Gasteiger partial charge >= 0.3 is 6.03 Å². The van der Waals surface area contributed by atoms with Crippen molar-refractivity contribution in [1.82, 2.24) is 15.3 Å². The van der Waals surface area contributed by atoms with E-state index in [1.54, 1.807) is 30.7 Å². The second kappa shape index (κ2) is 7.84. The minimum absolute atomic E-state index is 0.280. The number of nitrogens with one attached hydrogen (secondary N) is 2. The highest BCUT2D eigenvalue weighted by Crippen LogP contribution is 2.22. The topological polar surface area (TPSA) is 66.9 Å². The fourth-order valence-corrected chi connectivity index (χ4v) is 2.90. The van der Waals surface area contributed by atoms with E-state index in [1.165, 1.54) is 12.1 Å². The van der Waals surface area contributed by atoms with Crippen molar-refractivity contribution < 1.29 is 9.18 Å². The van der Waals surface area contributed by atoms with Crippen LogP contribution in [-0.4, -0.2) is 16.0 Å². The van der Waals surface area contributed by atoms with Crippen LogP contribution in [0.1, 0.15) is 5.56 Å². The van der Waals surface area contributed by atoms with E-state index in [2.05, 4.69) is 20.6 Å². The monoisotopic (exact) mass is 372 g/mol. The van der Waals surface area contributed by atoms with Gasteiger partial charge in [-0.05, 0) is 48.0 Å². The van der Waals surface area contributed by atoms with Crippen LogP contribution < -0.4 is 10.6 Å². The molecule has 4 rings (SSSR count). The summed E-state index contributed by atoms with van der Waals surface area (Å²) in [6.45, 7) is 0.342. The molecule has 2 N–H and O–H groups in total. The van der Waals surface area contributed by atoms with Crippen molar-refractivity contribution in [3.05, 3.63) is 90.6 Å². The Labute approximate surface area is 161 Å². The fraction of sp³-hybridized carbons (Fsp3) is 0.0455. The van der Waals surface area contributed by atoms with Crippen molar-refractivity contribution in [2.45, 2.75) is 6.54 Å². The molecule has 0 aliphatic rings. The Bertz CT molecular complexity index is 1110. The van der Waals surface area contributed by atoms with Gasteiger partial charge in [0.15, 0.2) is 0 Å². The van der Waals surface area contributed by atoms with Crippen LogP contribution in [0.5, 0.6) is 0 Å². The van der Waals surface area contributed by atoms with Gasteiger partial charge in [0, 0.05) is 41.5 Å². The molecule has 5 nitrogen and oxygen atoms in total. The Balaban J connectivity index is 1.38. The van der Waals surface area contributed by atoms with Gasteiger partial charge in [-0.3, -0.25) is 9.97 Å². The van der Waals surface area contributed by atoms with E-state index in [9.17, 15) is 9.18 Å². The van der Waals surface area contributed by atoms with E-state index in [0.29, 0.717) is 6.54 Å². The molecule has 0 bridgehead atoms. The number of benzene rings is 2. The molecule has 0 saturated carbocycles. The number of urea groups is 1. The van der Waals surface area contributed by atoms with Gasteiger partial charge in [0.2, 0.25) is 0 Å². The lowest BCUT2D eigenvalue weighted by Crippen LogP contribution is -2.28. The summed E-state index contributed by atoms with van der Waals surface area (Å²) in [5.41, 5.74) is 3.17. The minimum Gasteiger partial charge on any atom is -0.334 e. The first-order valence-electron chi connectivity index (χ1n) is 8.77. The van der Waals surface area contributed by atoms with Crippen LogP contribution in [0, 0.1) is 5.82 Å². The quantitative estimate of drug-likeness (QED) is 0.543. The van der Waals surface area contributed by atoms with Crippen LogP contribution in [0.2, 0.25) is 0 Å². The smallest absolute Gasteiger partial charge is 0.319 e. The SMILES string of the molecule is O=C(NCc1ccc(-c2ccc(F)cc2)nc1)Nc1cccc2cnccc12. The number of nitrogens with zero attached hydrogens (tertiary/aromatic N) is 2. The van der Waals surface area contributed by atoms with Crippen molar-refractivity contribution in [3.63, 3.8) is 0 Å². The van der Waals surface area contributed by atoms with Crippen molar-refractivity contribution in [2.75, 3.05) is 5.32 Å². The first-order chi connectivity index (χ1) is 13.7. The van der Waals surface area contributed by atoms with Gasteiger partial charge in [0.1, 0.15) is 5.82 Å². The lowest BCUT2D eigenvalue weighted by Gasteiger charge is -2.10. The standard InChI is InChI=1S/C22H17FN4O/c23-18-7-5-16(6-8-18)20-9-4-15(12-25-20)13-26-22(28)27-21-3-1-2-17-14-24-11-10-19(17)21/h1-12,14H,13H2,(H2,26,27,28). The Hall–Kier alpha value is -3.80. The van der Waals surface area contributed by atoms with E-state index in [-0.39, 0.29) is 11.8 Å². The molecular formula is C22H17FN4O. The zero-order chi connectivity index (χ0) is 19.3. The molecule has 0 aliphatic heterocycles. The maximum atomic E-state index is 13.0. The third-order valence-corrected chi connectivity index (χ3v) is 4.35. The third-order valence-electron chi connectivity index (χ3n) is 4.35. The van der Waals surface area contributed by atoms with Crippen LogP contribution in [0.3, 0.4) is 0 Å². The molecule has 0 fully saturated rings. The summed E-state index contributed by atoms with van der Waals surface area (Å²) in [5, 5.41) is 7.58. The normalized spacial score (nSPS) is 10.6. The first kappa shape index (κ1) is 17.6. The maximum Gasteiger partial charge on any atom is 0.319 e. The second-order valence-electron chi connectivity index (χ2n) is 6.27. The van der Waals surface area contributed by atoms with Crippen LogP contribution >= 0.6 is 0 Å². The number of carbonyl (C=O) groups excluding carboxylic acids is 1. The Morgan fingerprint density at radius 1 is 0.964 bits per heavy atom. The van der Waals surface area contributed by atoms with E-state index in [0.717, 1.165) is 33.3 Å². The van der Waals surface area contributed by atoms with Gasteiger partial charge < -0.3 is 10.6 Å². The third kappa shape index (κ3) is 3.96. The average molecular weight is 372 g/mol. The number of amides is 2. The van der Waals surface area contributed by atoms with E-state index in [1.807, 2.05) is 36.4 Å². The van der Waals surface area contributed by atoms with Gasteiger partial charge in [-0.1, -0.05) is 18.2 Å². The summed E-state index contributed by atoms with van der Waals surface area (Å²) in [7, 11) is 0. The van der Waals surface area contributed by atoms with Crippen molar-refractivity contribution in [2.24, 2.45) is 0 Å². The Morgan fingerprint density at radius 3 is 2.61 bits per heavy atom. The fourth-order valence-electron chi connectivity index (χ4n) is 2.90. The number of rotatable bonds is 4. The largest absolute Gasteiger partial charge is 0.334 e. The summed E-state index contributed by atoms with van der Waals surface area (Å²) in [5.74, 6) is -0.280. The number of anilines is 1. The number of pyridine rings is 2. The molecule has 6 heteroatoms. The molecule has 0 saturated heterocycles. The van der Waals surface area contributed by atoms with Gasteiger partial charge in [0.25, 0.3) is 0 Å². The first-order valence-corrected chi connectivity index (χ1v) is 8.77. The molecule has 0 aliphatic carbocycles. The summed E-state index contributed by atoms with van der Waals surface area (Å²) < 4.78 is 13.0. The second-order valence-corrected chi connectivity index (χ2v) is 6.27. The van der Waals surface area contributed by atoms with Crippen LogP contribution in [-0.2, 0) is 6.54 Å². The molecule has 2 aromatic carbocycles. The molecule has 2 aromatic heterocycles. The van der Waals surface area contributed by atoms with E-state index in [4.69, 9.17) is 0 Å². The number of carbonyl (C=O) groups is 1. The molecule has 0 unspecified atom stereocenters. The molecule has 2 amide bonds. The minimum atomic E-state index is -0.299. The number of aromatic nitrogens is 2. The Kier molecular flexibility index (Phi) is 4.93. The number of fused-ring (bicyclic) bond motifs is 1. The summed E-state index contributed by atoms with van der Waals surface area (Å²) in [4.78, 5) is 20.7. The van der Waals surface area contributed by atoms with Gasteiger partial charge in [-0.2, -0.15) is 0 Å². The molecule has 4 aromatic rings. The molecule has 2 heterocycles. The van der Waals surface area contributed by atoms with Gasteiger partial charge in [0.05, 0.1) is 11.4 Å². The highest BCUT2D eigenvalue weighted by atomic mass is 19.1. The highest BCUT2D eigenvalue weighted by molar-refractivity contribution is 6.01. The number of halogens is 1. The summed E-state index contributed by atoms with van der Waals surface area (Å²) in [6, 6.07) is 17.1. The molecular weight excluding hydrogens is 355 g/mol.